The van der Waals surface area contributed by atoms with Gasteiger partial charge < -0.3 is 10.2 Å². The highest BCUT2D eigenvalue weighted by Crippen LogP contribution is 2.18. The van der Waals surface area contributed by atoms with Gasteiger partial charge in [-0.3, -0.25) is 0 Å². The third-order valence-electron chi connectivity index (χ3n) is 3.54. The number of amides is 2. The predicted molar refractivity (Wildman–Crippen MR) is 76.0 cm³/mol. The van der Waals surface area contributed by atoms with Gasteiger partial charge in [0.25, 0.3) is 0 Å². The van der Waals surface area contributed by atoms with Crippen LogP contribution in [-0.4, -0.2) is 23.5 Å². The molecule has 0 aliphatic carbocycles. The molecular formula is C14H22N2OS. The van der Waals surface area contributed by atoms with E-state index in [2.05, 4.69) is 31.3 Å². The fourth-order valence-electron chi connectivity index (χ4n) is 2.37. The van der Waals surface area contributed by atoms with Crippen LogP contribution in [0, 0.1) is 0 Å². The van der Waals surface area contributed by atoms with Crippen molar-refractivity contribution in [2.45, 2.75) is 52.1 Å². The first-order chi connectivity index (χ1) is 8.70. The number of carbonyl (C=O) groups excluding carboxylic acids is 1. The molecule has 1 aromatic heterocycles. The van der Waals surface area contributed by atoms with Crippen molar-refractivity contribution in [3.63, 3.8) is 0 Å². The Kier molecular flexibility index (Phi) is 4.64. The molecule has 1 atom stereocenters. The van der Waals surface area contributed by atoms with E-state index in [1.807, 2.05) is 4.90 Å². The van der Waals surface area contributed by atoms with Gasteiger partial charge in [-0.15, -0.1) is 11.3 Å². The van der Waals surface area contributed by atoms with Gasteiger partial charge >= 0.3 is 6.03 Å². The molecule has 3 nitrogen and oxygen atoms in total. The van der Waals surface area contributed by atoms with E-state index in [9.17, 15) is 4.79 Å². The molecule has 1 fully saturated rings. The van der Waals surface area contributed by atoms with Crippen molar-refractivity contribution in [2.75, 3.05) is 6.54 Å². The number of carbonyl (C=O) groups is 1. The van der Waals surface area contributed by atoms with E-state index in [-0.39, 0.29) is 6.03 Å². The van der Waals surface area contributed by atoms with Crippen LogP contribution in [0.5, 0.6) is 0 Å². The van der Waals surface area contributed by atoms with Gasteiger partial charge in [-0.25, -0.2) is 4.79 Å². The van der Waals surface area contributed by atoms with Crippen molar-refractivity contribution in [2.24, 2.45) is 0 Å². The predicted octanol–water partition coefficient (Wildman–Crippen LogP) is 3.39. The third-order valence-corrected chi connectivity index (χ3v) is 4.77. The molecule has 0 radical (unpaired) electrons. The quantitative estimate of drug-likeness (QED) is 0.893. The highest BCUT2D eigenvalue weighted by atomic mass is 32.1. The monoisotopic (exact) mass is 266 g/mol. The number of thiophene rings is 1. The van der Waals surface area contributed by atoms with Crippen LogP contribution >= 0.6 is 11.3 Å². The van der Waals surface area contributed by atoms with Crippen LogP contribution in [0.4, 0.5) is 4.79 Å². The van der Waals surface area contributed by atoms with Gasteiger partial charge in [0.05, 0.1) is 6.54 Å². The molecule has 0 spiro atoms. The Morgan fingerprint density at radius 3 is 2.89 bits per heavy atom. The largest absolute Gasteiger partial charge is 0.333 e. The van der Waals surface area contributed by atoms with Gasteiger partial charge in [0.1, 0.15) is 0 Å². The number of nitrogens with zero attached hydrogens (tertiary/aromatic N) is 1. The van der Waals surface area contributed by atoms with Crippen molar-refractivity contribution in [3.8, 4) is 0 Å². The van der Waals surface area contributed by atoms with Crippen molar-refractivity contribution in [3.05, 3.63) is 21.9 Å². The van der Waals surface area contributed by atoms with Crippen molar-refractivity contribution < 1.29 is 4.79 Å². The Balaban J connectivity index is 1.83. The van der Waals surface area contributed by atoms with E-state index in [1.54, 1.807) is 11.3 Å². The van der Waals surface area contributed by atoms with E-state index in [1.165, 1.54) is 16.2 Å². The minimum atomic E-state index is 0.0913. The van der Waals surface area contributed by atoms with Gasteiger partial charge in [0.15, 0.2) is 0 Å². The fraction of sp³-hybridized carbons (Fsp3) is 0.643. The topological polar surface area (TPSA) is 32.3 Å². The summed E-state index contributed by atoms with van der Waals surface area (Å²) in [6.45, 7) is 5.85. The van der Waals surface area contributed by atoms with E-state index < -0.39 is 0 Å². The summed E-state index contributed by atoms with van der Waals surface area (Å²) < 4.78 is 0. The summed E-state index contributed by atoms with van der Waals surface area (Å²) in [5, 5.41) is 3.03. The number of hydrogen-bond donors (Lipinski definition) is 1. The molecule has 1 saturated heterocycles. The number of hydrogen-bond acceptors (Lipinski definition) is 2. The Hall–Kier alpha value is -1.03. The lowest BCUT2D eigenvalue weighted by Crippen LogP contribution is -2.47. The summed E-state index contributed by atoms with van der Waals surface area (Å²) in [5.74, 6) is 0. The summed E-state index contributed by atoms with van der Waals surface area (Å²) in [4.78, 5) is 16.7. The second-order valence-corrected chi connectivity index (χ2v) is 6.17. The van der Waals surface area contributed by atoms with E-state index >= 15 is 0 Å². The zero-order valence-corrected chi connectivity index (χ0v) is 12.1. The maximum atomic E-state index is 12.1. The maximum absolute atomic E-state index is 12.1. The number of urea groups is 1. The van der Waals surface area contributed by atoms with Crippen LogP contribution < -0.4 is 5.32 Å². The van der Waals surface area contributed by atoms with Crippen LogP contribution in [0.1, 0.15) is 42.9 Å². The molecule has 0 aromatic carbocycles. The van der Waals surface area contributed by atoms with E-state index in [4.69, 9.17) is 0 Å². The molecule has 2 amide bonds. The standard InChI is InChI=1S/C14H22N2OS/c1-3-12-7-8-13(18-12)10-15-14(17)16-9-5-4-6-11(16)2/h7-8,11H,3-6,9-10H2,1-2H3,(H,15,17). The van der Waals surface area contributed by atoms with Gasteiger partial charge in [-0.05, 0) is 44.7 Å². The van der Waals surface area contributed by atoms with E-state index in [0.717, 1.165) is 25.8 Å². The Labute approximate surface area is 113 Å². The zero-order chi connectivity index (χ0) is 13.0. The molecule has 4 heteroatoms. The Morgan fingerprint density at radius 1 is 1.44 bits per heavy atom. The minimum absolute atomic E-state index is 0.0913. The van der Waals surface area contributed by atoms with E-state index in [0.29, 0.717) is 12.6 Å². The van der Waals surface area contributed by atoms with Gasteiger partial charge in [0.2, 0.25) is 0 Å². The molecule has 0 bridgehead atoms. The fourth-order valence-corrected chi connectivity index (χ4v) is 3.27. The smallest absolute Gasteiger partial charge is 0.317 e. The first kappa shape index (κ1) is 13.4. The number of rotatable bonds is 3. The van der Waals surface area contributed by atoms with Gasteiger partial charge in [-0.1, -0.05) is 6.92 Å². The first-order valence-corrected chi connectivity index (χ1v) is 7.64. The Morgan fingerprint density at radius 2 is 2.22 bits per heavy atom. The average molecular weight is 266 g/mol. The SMILES string of the molecule is CCc1ccc(CNC(=O)N2CCCCC2C)s1. The summed E-state index contributed by atoms with van der Waals surface area (Å²) >= 11 is 1.79. The summed E-state index contributed by atoms with van der Waals surface area (Å²) in [5.41, 5.74) is 0. The minimum Gasteiger partial charge on any atom is -0.333 e. The zero-order valence-electron chi connectivity index (χ0n) is 11.2. The molecule has 2 rings (SSSR count). The van der Waals surface area contributed by atoms with Crippen LogP contribution in [-0.2, 0) is 13.0 Å². The average Bonchev–Trinajstić information content (AvgIpc) is 2.84. The third kappa shape index (κ3) is 3.25. The summed E-state index contributed by atoms with van der Waals surface area (Å²) in [6.07, 6.45) is 4.58. The summed E-state index contributed by atoms with van der Waals surface area (Å²) in [7, 11) is 0. The molecule has 1 aliphatic rings. The number of aryl methyl sites for hydroxylation is 1. The molecule has 1 aliphatic heterocycles. The molecule has 18 heavy (non-hydrogen) atoms. The molecule has 100 valence electrons. The normalized spacial score (nSPS) is 19.9. The second-order valence-electron chi connectivity index (χ2n) is 4.92. The van der Waals surface area contributed by atoms with Crippen LogP contribution in [0.15, 0.2) is 12.1 Å². The summed E-state index contributed by atoms with van der Waals surface area (Å²) in [6, 6.07) is 4.74. The molecule has 1 N–H and O–H groups in total. The van der Waals surface area contributed by atoms with Gasteiger partial charge in [-0.2, -0.15) is 0 Å². The van der Waals surface area contributed by atoms with Crippen LogP contribution in [0.3, 0.4) is 0 Å². The number of nitrogens with one attached hydrogen (secondary N) is 1. The Bertz CT molecular complexity index is 402. The molecule has 1 aromatic rings. The van der Waals surface area contributed by atoms with Crippen LogP contribution in [0.2, 0.25) is 0 Å². The lowest BCUT2D eigenvalue weighted by atomic mass is 10.0. The van der Waals surface area contributed by atoms with Crippen molar-refractivity contribution in [1.82, 2.24) is 10.2 Å². The highest BCUT2D eigenvalue weighted by molar-refractivity contribution is 7.11. The first-order valence-electron chi connectivity index (χ1n) is 6.82. The van der Waals surface area contributed by atoms with Crippen molar-refractivity contribution >= 4 is 17.4 Å². The molecular weight excluding hydrogens is 244 g/mol. The number of likely N-dealkylation sites (tertiary alicyclic amines) is 1. The van der Waals surface area contributed by atoms with Crippen molar-refractivity contribution in [1.29, 1.82) is 0 Å². The molecule has 0 saturated carbocycles. The lowest BCUT2D eigenvalue weighted by Gasteiger charge is -2.33. The maximum Gasteiger partial charge on any atom is 0.317 e. The lowest BCUT2D eigenvalue weighted by molar-refractivity contribution is 0.158. The molecule has 1 unspecified atom stereocenters. The highest BCUT2D eigenvalue weighted by Gasteiger charge is 2.22. The molecule has 2 heterocycles. The van der Waals surface area contributed by atoms with Gasteiger partial charge in [0, 0.05) is 22.3 Å². The number of piperidine rings is 1. The second kappa shape index (κ2) is 6.23. The van der Waals surface area contributed by atoms with Crippen LogP contribution in [0.25, 0.3) is 0 Å².